The Morgan fingerprint density at radius 2 is 1.96 bits per heavy atom. The summed E-state index contributed by atoms with van der Waals surface area (Å²) in [6.45, 7) is 8.10. The van der Waals surface area contributed by atoms with Crippen molar-refractivity contribution >= 4 is 32.1 Å². The first-order chi connectivity index (χ1) is 12.5. The van der Waals surface area contributed by atoms with Crippen LogP contribution in [0.25, 0.3) is 0 Å². The summed E-state index contributed by atoms with van der Waals surface area (Å²) in [5.41, 5.74) is -0.601. The standard InChI is InChI=1S/C18H26BrNO6S/c1-5-15(26-27(22,23)14-8-6-13(19)7-9-14)16-12-20(10-11-24-16)17(21)25-18(2,3)4/h6-9,15-16H,5,10-12H2,1-4H3/t15-,16?/m1/s1. The largest absolute Gasteiger partial charge is 0.444 e. The van der Waals surface area contributed by atoms with Gasteiger partial charge in [-0.05, 0) is 51.5 Å². The molecule has 1 aromatic carbocycles. The first-order valence-corrected chi connectivity index (χ1v) is 11.0. The van der Waals surface area contributed by atoms with E-state index in [4.69, 9.17) is 13.7 Å². The zero-order chi connectivity index (χ0) is 20.2. The quantitative estimate of drug-likeness (QED) is 0.620. The molecule has 0 N–H and O–H groups in total. The van der Waals surface area contributed by atoms with E-state index >= 15 is 0 Å². The average molecular weight is 464 g/mol. The molecule has 152 valence electrons. The van der Waals surface area contributed by atoms with Crippen LogP contribution >= 0.6 is 15.9 Å². The van der Waals surface area contributed by atoms with Gasteiger partial charge in [0.05, 0.1) is 18.0 Å². The van der Waals surface area contributed by atoms with Gasteiger partial charge in [0, 0.05) is 11.0 Å². The highest BCUT2D eigenvalue weighted by molar-refractivity contribution is 9.10. The molecule has 1 amide bonds. The Hall–Kier alpha value is -1.16. The first-order valence-electron chi connectivity index (χ1n) is 8.80. The number of halogens is 1. The maximum Gasteiger partial charge on any atom is 0.410 e. The van der Waals surface area contributed by atoms with Crippen molar-refractivity contribution in [1.29, 1.82) is 0 Å². The van der Waals surface area contributed by atoms with Gasteiger partial charge in [0.25, 0.3) is 10.1 Å². The lowest BCUT2D eigenvalue weighted by Crippen LogP contribution is -2.51. The van der Waals surface area contributed by atoms with Crippen molar-refractivity contribution in [2.45, 2.75) is 56.8 Å². The number of benzene rings is 1. The minimum atomic E-state index is -3.94. The lowest BCUT2D eigenvalue weighted by atomic mass is 10.1. The van der Waals surface area contributed by atoms with Crippen LogP contribution < -0.4 is 0 Å². The van der Waals surface area contributed by atoms with Gasteiger partial charge < -0.3 is 14.4 Å². The van der Waals surface area contributed by atoms with Gasteiger partial charge >= 0.3 is 6.09 Å². The smallest absolute Gasteiger partial charge is 0.410 e. The molecule has 9 heteroatoms. The van der Waals surface area contributed by atoms with Gasteiger partial charge in [-0.2, -0.15) is 8.42 Å². The number of hydrogen-bond acceptors (Lipinski definition) is 6. The predicted octanol–water partition coefficient (Wildman–Crippen LogP) is 3.57. The average Bonchev–Trinajstić information content (AvgIpc) is 2.59. The molecular formula is C18H26BrNO6S. The highest BCUT2D eigenvalue weighted by Gasteiger charge is 2.35. The maximum absolute atomic E-state index is 12.6. The van der Waals surface area contributed by atoms with Gasteiger partial charge in [0.1, 0.15) is 17.8 Å². The first kappa shape index (κ1) is 22.1. The summed E-state index contributed by atoms with van der Waals surface area (Å²) in [4.78, 5) is 13.9. The van der Waals surface area contributed by atoms with E-state index < -0.39 is 34.0 Å². The second-order valence-corrected chi connectivity index (χ2v) is 9.77. The third-order valence-electron chi connectivity index (χ3n) is 3.91. The van der Waals surface area contributed by atoms with Crippen molar-refractivity contribution < 1.29 is 26.9 Å². The molecule has 1 heterocycles. The second kappa shape index (κ2) is 8.89. The summed E-state index contributed by atoms with van der Waals surface area (Å²) in [6.07, 6.45) is -1.28. The van der Waals surface area contributed by atoms with Crippen LogP contribution in [0, 0.1) is 0 Å². The van der Waals surface area contributed by atoms with E-state index in [1.54, 1.807) is 32.9 Å². The number of ether oxygens (including phenoxy) is 2. The minimum Gasteiger partial charge on any atom is -0.444 e. The third kappa shape index (κ3) is 6.44. The molecule has 1 unspecified atom stereocenters. The Balaban J connectivity index is 2.07. The summed E-state index contributed by atoms with van der Waals surface area (Å²) in [7, 11) is -3.94. The Morgan fingerprint density at radius 1 is 1.33 bits per heavy atom. The number of carbonyl (C=O) groups excluding carboxylic acids is 1. The summed E-state index contributed by atoms with van der Waals surface area (Å²) >= 11 is 3.28. The van der Waals surface area contributed by atoms with E-state index in [0.717, 1.165) is 4.47 Å². The fraction of sp³-hybridized carbons (Fsp3) is 0.611. The normalized spacial score (nSPS) is 19.6. The second-order valence-electron chi connectivity index (χ2n) is 7.29. The molecule has 1 aliphatic heterocycles. The van der Waals surface area contributed by atoms with Gasteiger partial charge in [0.15, 0.2) is 0 Å². The molecule has 0 saturated carbocycles. The monoisotopic (exact) mass is 463 g/mol. The van der Waals surface area contributed by atoms with Gasteiger partial charge in [-0.15, -0.1) is 0 Å². The van der Waals surface area contributed by atoms with Gasteiger partial charge in [-0.1, -0.05) is 22.9 Å². The molecule has 1 saturated heterocycles. The van der Waals surface area contributed by atoms with Crippen molar-refractivity contribution in [2.75, 3.05) is 19.7 Å². The Morgan fingerprint density at radius 3 is 2.52 bits per heavy atom. The highest BCUT2D eigenvalue weighted by Crippen LogP contribution is 2.23. The van der Waals surface area contributed by atoms with Crippen molar-refractivity contribution in [3.63, 3.8) is 0 Å². The lowest BCUT2D eigenvalue weighted by molar-refractivity contribution is -0.0815. The molecule has 0 aromatic heterocycles. The number of rotatable bonds is 5. The lowest BCUT2D eigenvalue weighted by Gasteiger charge is -2.36. The summed E-state index contributed by atoms with van der Waals surface area (Å²) in [5.74, 6) is 0. The summed E-state index contributed by atoms with van der Waals surface area (Å²) in [5, 5.41) is 0. The van der Waals surface area contributed by atoms with Crippen LogP contribution in [0.1, 0.15) is 34.1 Å². The molecule has 0 bridgehead atoms. The van der Waals surface area contributed by atoms with Crippen LogP contribution in [-0.2, 0) is 23.8 Å². The topological polar surface area (TPSA) is 82.1 Å². The van der Waals surface area contributed by atoms with Crippen LogP contribution in [0.4, 0.5) is 4.79 Å². The van der Waals surface area contributed by atoms with E-state index in [9.17, 15) is 13.2 Å². The SMILES string of the molecule is CC[C@@H](OS(=O)(=O)c1ccc(Br)cc1)C1CN(C(=O)OC(C)(C)C)CCO1. The van der Waals surface area contributed by atoms with E-state index in [0.29, 0.717) is 19.6 Å². The Labute approximate surface area is 169 Å². The van der Waals surface area contributed by atoms with E-state index in [-0.39, 0.29) is 11.4 Å². The minimum absolute atomic E-state index is 0.0731. The molecule has 2 atom stereocenters. The Kier molecular flexibility index (Phi) is 7.29. The Bertz CT molecular complexity index is 744. The molecule has 0 aliphatic carbocycles. The molecule has 0 radical (unpaired) electrons. The van der Waals surface area contributed by atoms with Crippen LogP contribution in [0.3, 0.4) is 0 Å². The third-order valence-corrected chi connectivity index (χ3v) is 5.79. The molecule has 1 aliphatic rings. The number of morpholine rings is 1. The van der Waals surface area contributed by atoms with E-state index in [1.807, 2.05) is 6.92 Å². The van der Waals surface area contributed by atoms with Crippen molar-refractivity contribution in [3.05, 3.63) is 28.7 Å². The molecule has 27 heavy (non-hydrogen) atoms. The van der Waals surface area contributed by atoms with E-state index in [1.165, 1.54) is 17.0 Å². The van der Waals surface area contributed by atoms with E-state index in [2.05, 4.69) is 15.9 Å². The van der Waals surface area contributed by atoms with Crippen LogP contribution in [0.2, 0.25) is 0 Å². The number of hydrogen-bond donors (Lipinski definition) is 0. The molecule has 2 rings (SSSR count). The summed E-state index contributed by atoms with van der Waals surface area (Å²) < 4.78 is 42.4. The highest BCUT2D eigenvalue weighted by atomic mass is 79.9. The zero-order valence-electron chi connectivity index (χ0n) is 16.0. The number of amides is 1. The van der Waals surface area contributed by atoms with Crippen molar-refractivity contribution in [2.24, 2.45) is 0 Å². The molecular weight excluding hydrogens is 438 g/mol. The molecule has 1 aromatic rings. The van der Waals surface area contributed by atoms with Gasteiger partial charge in [0.2, 0.25) is 0 Å². The fourth-order valence-corrected chi connectivity index (χ4v) is 4.04. The zero-order valence-corrected chi connectivity index (χ0v) is 18.4. The number of nitrogens with zero attached hydrogens (tertiary/aromatic N) is 1. The van der Waals surface area contributed by atoms with Crippen molar-refractivity contribution in [1.82, 2.24) is 4.90 Å². The van der Waals surface area contributed by atoms with Crippen LogP contribution in [0.5, 0.6) is 0 Å². The predicted molar refractivity (Wildman–Crippen MR) is 104 cm³/mol. The molecule has 1 fully saturated rings. The summed E-state index contributed by atoms with van der Waals surface area (Å²) in [6, 6.07) is 6.22. The van der Waals surface area contributed by atoms with Crippen LogP contribution in [0.15, 0.2) is 33.6 Å². The molecule has 7 nitrogen and oxygen atoms in total. The van der Waals surface area contributed by atoms with Crippen molar-refractivity contribution in [3.8, 4) is 0 Å². The maximum atomic E-state index is 12.6. The fourth-order valence-electron chi connectivity index (χ4n) is 2.61. The molecule has 0 spiro atoms. The number of carbonyl (C=O) groups is 1. The van der Waals surface area contributed by atoms with Crippen LogP contribution in [-0.4, -0.2) is 56.9 Å². The van der Waals surface area contributed by atoms with Gasteiger partial charge in [-0.25, -0.2) is 4.79 Å². The van der Waals surface area contributed by atoms with Gasteiger partial charge in [-0.3, -0.25) is 4.18 Å².